The van der Waals surface area contributed by atoms with Gasteiger partial charge in [0.05, 0.1) is 18.4 Å². The second-order valence-corrected chi connectivity index (χ2v) is 7.17. The number of esters is 1. The van der Waals surface area contributed by atoms with Crippen LogP contribution in [0.4, 0.5) is 0 Å². The van der Waals surface area contributed by atoms with Crippen molar-refractivity contribution in [3.8, 4) is 0 Å². The van der Waals surface area contributed by atoms with Crippen LogP contribution in [0.1, 0.15) is 42.7 Å². The Morgan fingerprint density at radius 2 is 1.36 bits per heavy atom. The first-order valence-corrected chi connectivity index (χ1v) is 9.81. The monoisotopic (exact) mass is 378 g/mol. The van der Waals surface area contributed by atoms with Gasteiger partial charge in [0.25, 0.3) is 0 Å². The van der Waals surface area contributed by atoms with E-state index >= 15 is 0 Å². The van der Waals surface area contributed by atoms with E-state index in [1.165, 1.54) is 0 Å². The van der Waals surface area contributed by atoms with E-state index in [0.717, 1.165) is 24.0 Å². The Kier molecular flexibility index (Phi) is 6.64. The Morgan fingerprint density at radius 3 is 1.82 bits per heavy atom. The van der Waals surface area contributed by atoms with Crippen molar-refractivity contribution in [2.45, 2.75) is 31.6 Å². The van der Waals surface area contributed by atoms with Crippen LogP contribution in [-0.2, 0) is 14.3 Å². The summed E-state index contributed by atoms with van der Waals surface area (Å²) in [6.07, 6.45) is 5.58. The molecule has 0 aliphatic heterocycles. The van der Waals surface area contributed by atoms with Gasteiger partial charge in [-0.15, -0.1) is 0 Å². The number of carboxylic acid groups (broad SMARTS) is 1. The van der Waals surface area contributed by atoms with E-state index in [1.54, 1.807) is 0 Å². The lowest BCUT2D eigenvalue weighted by Gasteiger charge is -2.36. The topological polar surface area (TPSA) is 63.6 Å². The predicted octanol–water partition coefficient (Wildman–Crippen LogP) is 4.78. The van der Waals surface area contributed by atoms with Crippen LogP contribution in [0.2, 0.25) is 0 Å². The summed E-state index contributed by atoms with van der Waals surface area (Å²) in [5.41, 5.74) is 1.82. The molecular formula is C24H26O4. The number of carbonyl (C=O) groups is 2. The fraction of sp³-hybridized carbons (Fsp3) is 0.333. The average molecular weight is 378 g/mol. The van der Waals surface area contributed by atoms with Crippen LogP contribution >= 0.6 is 0 Å². The Labute approximate surface area is 165 Å². The van der Waals surface area contributed by atoms with Crippen molar-refractivity contribution in [2.75, 3.05) is 6.61 Å². The first-order valence-electron chi connectivity index (χ1n) is 9.81. The average Bonchev–Trinajstić information content (AvgIpc) is 2.74. The summed E-state index contributed by atoms with van der Waals surface area (Å²) in [7, 11) is 0. The first kappa shape index (κ1) is 19.9. The second kappa shape index (κ2) is 9.36. The van der Waals surface area contributed by atoms with Gasteiger partial charge in [-0.3, -0.25) is 9.59 Å². The molecular weight excluding hydrogens is 352 g/mol. The fourth-order valence-electron chi connectivity index (χ4n) is 3.93. The number of hydrogen-bond acceptors (Lipinski definition) is 3. The molecule has 0 aromatic heterocycles. The molecule has 0 fully saturated rings. The van der Waals surface area contributed by atoms with Crippen molar-refractivity contribution in [3.05, 3.63) is 83.9 Å². The third kappa shape index (κ3) is 4.33. The van der Waals surface area contributed by atoms with Gasteiger partial charge in [-0.1, -0.05) is 86.2 Å². The zero-order valence-corrected chi connectivity index (χ0v) is 16.0. The molecule has 146 valence electrons. The molecule has 0 saturated carbocycles. The van der Waals surface area contributed by atoms with Gasteiger partial charge in [0.1, 0.15) is 0 Å². The largest absolute Gasteiger partial charge is 0.481 e. The van der Waals surface area contributed by atoms with Gasteiger partial charge >= 0.3 is 11.9 Å². The zero-order valence-electron chi connectivity index (χ0n) is 16.0. The van der Waals surface area contributed by atoms with Crippen LogP contribution in [0.5, 0.6) is 0 Å². The van der Waals surface area contributed by atoms with E-state index in [-0.39, 0.29) is 11.8 Å². The summed E-state index contributed by atoms with van der Waals surface area (Å²) in [5.74, 6) is -3.76. The van der Waals surface area contributed by atoms with E-state index in [1.807, 2.05) is 79.7 Å². The number of carboxylic acids is 1. The Bertz CT molecular complexity index is 813. The third-order valence-electron chi connectivity index (χ3n) is 5.35. The minimum absolute atomic E-state index is 0.319. The molecule has 1 aliphatic carbocycles. The molecule has 4 atom stereocenters. The molecule has 4 heteroatoms. The summed E-state index contributed by atoms with van der Waals surface area (Å²) in [5, 5.41) is 10.1. The van der Waals surface area contributed by atoms with Crippen LogP contribution in [0.25, 0.3) is 0 Å². The normalized spacial score (nSPS) is 23.9. The summed E-state index contributed by atoms with van der Waals surface area (Å²) in [6.45, 7) is 2.34. The molecule has 0 saturated heterocycles. The van der Waals surface area contributed by atoms with Crippen molar-refractivity contribution in [3.63, 3.8) is 0 Å². The van der Waals surface area contributed by atoms with Crippen LogP contribution in [0.15, 0.2) is 72.8 Å². The molecule has 1 N–H and O–H groups in total. The van der Waals surface area contributed by atoms with E-state index < -0.39 is 23.8 Å². The maximum atomic E-state index is 13.0. The molecule has 1 aliphatic rings. The standard InChI is InChI=1S/C24H26O4/c1-2-3-16-28-24(27)22-20(18-12-8-5-9-13-18)15-14-19(21(22)23(25)26)17-10-6-4-7-11-17/h4-15,19-22H,2-3,16H2,1H3,(H,25,26)/t19-,20+,21-,22-/m1/s1. The number of unbranched alkanes of at least 4 members (excludes halogenated alkanes) is 1. The fourth-order valence-corrected chi connectivity index (χ4v) is 3.93. The van der Waals surface area contributed by atoms with Crippen molar-refractivity contribution >= 4 is 11.9 Å². The highest BCUT2D eigenvalue weighted by atomic mass is 16.5. The second-order valence-electron chi connectivity index (χ2n) is 7.17. The highest BCUT2D eigenvalue weighted by Gasteiger charge is 2.46. The lowest BCUT2D eigenvalue weighted by atomic mass is 9.66. The van der Waals surface area contributed by atoms with Crippen molar-refractivity contribution < 1.29 is 19.4 Å². The van der Waals surface area contributed by atoms with Gasteiger partial charge in [-0.25, -0.2) is 0 Å². The van der Waals surface area contributed by atoms with Gasteiger partial charge in [0.15, 0.2) is 0 Å². The summed E-state index contributed by atoms with van der Waals surface area (Å²) < 4.78 is 5.50. The Balaban J connectivity index is 2.02. The number of aliphatic carboxylic acids is 1. The molecule has 0 unspecified atom stereocenters. The molecule has 0 spiro atoms. The quantitative estimate of drug-likeness (QED) is 0.428. The van der Waals surface area contributed by atoms with Crippen LogP contribution in [0.3, 0.4) is 0 Å². The minimum Gasteiger partial charge on any atom is -0.481 e. The number of allylic oxidation sites excluding steroid dienone is 2. The molecule has 4 nitrogen and oxygen atoms in total. The van der Waals surface area contributed by atoms with Gasteiger partial charge < -0.3 is 9.84 Å². The summed E-state index contributed by atoms with van der Waals surface area (Å²) in [4.78, 5) is 25.3. The maximum absolute atomic E-state index is 13.0. The highest BCUT2D eigenvalue weighted by Crippen LogP contribution is 2.45. The third-order valence-corrected chi connectivity index (χ3v) is 5.35. The lowest BCUT2D eigenvalue weighted by molar-refractivity contribution is -0.159. The molecule has 2 aromatic rings. The van der Waals surface area contributed by atoms with E-state index in [2.05, 4.69) is 0 Å². The van der Waals surface area contributed by atoms with Crippen molar-refractivity contribution in [2.24, 2.45) is 11.8 Å². The van der Waals surface area contributed by atoms with Gasteiger partial charge in [0.2, 0.25) is 0 Å². The molecule has 0 amide bonds. The number of carbonyl (C=O) groups excluding carboxylic acids is 1. The molecule has 2 aromatic carbocycles. The SMILES string of the molecule is CCCCOC(=O)[C@H]1[C@H](C(=O)O)[C@@H](c2ccccc2)C=C[C@H]1c1ccccc1. The molecule has 0 bridgehead atoms. The predicted molar refractivity (Wildman–Crippen MR) is 108 cm³/mol. The highest BCUT2D eigenvalue weighted by molar-refractivity contribution is 5.84. The Morgan fingerprint density at radius 1 is 0.857 bits per heavy atom. The molecule has 0 radical (unpaired) electrons. The number of hydrogen-bond donors (Lipinski definition) is 1. The van der Waals surface area contributed by atoms with Gasteiger partial charge in [-0.2, -0.15) is 0 Å². The maximum Gasteiger partial charge on any atom is 0.310 e. The van der Waals surface area contributed by atoms with E-state index in [9.17, 15) is 14.7 Å². The summed E-state index contributed by atoms with van der Waals surface area (Å²) in [6, 6.07) is 19.1. The van der Waals surface area contributed by atoms with E-state index in [0.29, 0.717) is 6.61 Å². The number of ether oxygens (including phenoxy) is 1. The minimum atomic E-state index is -0.975. The summed E-state index contributed by atoms with van der Waals surface area (Å²) >= 11 is 0. The molecule has 0 heterocycles. The smallest absolute Gasteiger partial charge is 0.310 e. The van der Waals surface area contributed by atoms with E-state index in [4.69, 9.17) is 4.74 Å². The first-order chi connectivity index (χ1) is 13.6. The molecule has 3 rings (SSSR count). The van der Waals surface area contributed by atoms with Gasteiger partial charge in [-0.05, 0) is 17.5 Å². The van der Waals surface area contributed by atoms with Crippen molar-refractivity contribution in [1.82, 2.24) is 0 Å². The molecule has 28 heavy (non-hydrogen) atoms. The van der Waals surface area contributed by atoms with Crippen molar-refractivity contribution in [1.29, 1.82) is 0 Å². The number of benzene rings is 2. The van der Waals surface area contributed by atoms with Crippen LogP contribution < -0.4 is 0 Å². The number of rotatable bonds is 7. The van der Waals surface area contributed by atoms with Crippen LogP contribution in [-0.4, -0.2) is 23.7 Å². The van der Waals surface area contributed by atoms with Crippen LogP contribution in [0, 0.1) is 11.8 Å². The Hall–Kier alpha value is -2.88. The van der Waals surface area contributed by atoms with Gasteiger partial charge in [0, 0.05) is 11.8 Å². The lowest BCUT2D eigenvalue weighted by Crippen LogP contribution is -2.40. The zero-order chi connectivity index (χ0) is 19.9.